The second kappa shape index (κ2) is 8.59. The molecule has 1 amide bonds. The molecular formula is C22H17BrClNO3. The van der Waals surface area contributed by atoms with E-state index in [4.69, 9.17) is 16.3 Å². The molecule has 0 saturated carbocycles. The van der Waals surface area contributed by atoms with Gasteiger partial charge in [0.2, 0.25) is 0 Å². The summed E-state index contributed by atoms with van der Waals surface area (Å²) >= 11 is 9.50. The van der Waals surface area contributed by atoms with Crippen molar-refractivity contribution in [2.75, 3.05) is 12.4 Å². The Morgan fingerprint density at radius 2 is 1.71 bits per heavy atom. The molecule has 1 N–H and O–H groups in total. The van der Waals surface area contributed by atoms with Crippen LogP contribution in [0, 0.1) is 6.92 Å². The van der Waals surface area contributed by atoms with E-state index in [1.807, 2.05) is 19.1 Å². The monoisotopic (exact) mass is 457 g/mol. The first-order chi connectivity index (χ1) is 13.4. The van der Waals surface area contributed by atoms with Crippen LogP contribution in [0.3, 0.4) is 0 Å². The fourth-order valence-electron chi connectivity index (χ4n) is 2.92. The molecule has 6 heteroatoms. The van der Waals surface area contributed by atoms with Crippen LogP contribution in [-0.2, 0) is 0 Å². The number of amides is 1. The third-order valence-electron chi connectivity index (χ3n) is 4.20. The van der Waals surface area contributed by atoms with Gasteiger partial charge >= 0.3 is 0 Å². The van der Waals surface area contributed by atoms with E-state index in [0.717, 1.165) is 10.0 Å². The molecule has 142 valence electrons. The molecule has 0 saturated heterocycles. The molecule has 28 heavy (non-hydrogen) atoms. The molecule has 0 atom stereocenters. The summed E-state index contributed by atoms with van der Waals surface area (Å²) in [4.78, 5) is 25.9. The van der Waals surface area contributed by atoms with Crippen molar-refractivity contribution in [3.63, 3.8) is 0 Å². The van der Waals surface area contributed by atoms with Crippen LogP contribution in [0.5, 0.6) is 5.75 Å². The zero-order chi connectivity index (χ0) is 20.3. The van der Waals surface area contributed by atoms with E-state index in [2.05, 4.69) is 21.2 Å². The summed E-state index contributed by atoms with van der Waals surface area (Å²) in [5.74, 6) is -0.132. The largest absolute Gasteiger partial charge is 0.496 e. The molecule has 3 rings (SSSR count). The van der Waals surface area contributed by atoms with Crippen LogP contribution in [0.25, 0.3) is 0 Å². The van der Waals surface area contributed by atoms with E-state index in [1.54, 1.807) is 48.5 Å². The molecule has 0 bridgehead atoms. The predicted octanol–water partition coefficient (Wildman–Crippen LogP) is 5.90. The summed E-state index contributed by atoms with van der Waals surface area (Å²) in [6.45, 7) is 1.85. The molecular weight excluding hydrogens is 442 g/mol. The number of carbonyl (C=O) groups excluding carboxylic acids is 2. The normalized spacial score (nSPS) is 10.4. The fraction of sp³-hybridized carbons (Fsp3) is 0.0909. The van der Waals surface area contributed by atoms with Gasteiger partial charge < -0.3 is 10.1 Å². The Morgan fingerprint density at radius 1 is 1.00 bits per heavy atom. The Morgan fingerprint density at radius 3 is 2.39 bits per heavy atom. The van der Waals surface area contributed by atoms with Crippen LogP contribution in [0.1, 0.15) is 31.8 Å². The lowest BCUT2D eigenvalue weighted by Crippen LogP contribution is -2.16. The van der Waals surface area contributed by atoms with E-state index in [0.29, 0.717) is 33.1 Å². The van der Waals surface area contributed by atoms with Crippen molar-refractivity contribution in [3.8, 4) is 5.75 Å². The van der Waals surface area contributed by atoms with Gasteiger partial charge in [0.25, 0.3) is 5.91 Å². The maximum Gasteiger partial charge on any atom is 0.259 e. The van der Waals surface area contributed by atoms with E-state index >= 15 is 0 Å². The molecule has 0 heterocycles. The van der Waals surface area contributed by atoms with Gasteiger partial charge in [0.1, 0.15) is 5.75 Å². The summed E-state index contributed by atoms with van der Waals surface area (Å²) in [5, 5.41) is 3.22. The van der Waals surface area contributed by atoms with Gasteiger partial charge in [0.05, 0.1) is 18.4 Å². The molecule has 0 aromatic heterocycles. The summed E-state index contributed by atoms with van der Waals surface area (Å²) in [7, 11) is 1.51. The van der Waals surface area contributed by atoms with Crippen LogP contribution in [-0.4, -0.2) is 18.8 Å². The number of hydrogen-bond donors (Lipinski definition) is 1. The number of halogens is 2. The van der Waals surface area contributed by atoms with E-state index < -0.39 is 0 Å². The number of hydrogen-bond acceptors (Lipinski definition) is 3. The van der Waals surface area contributed by atoms with E-state index in [9.17, 15) is 9.59 Å². The molecule has 3 aromatic carbocycles. The number of benzene rings is 3. The zero-order valence-corrected chi connectivity index (χ0v) is 17.6. The number of ketones is 1. The quantitative estimate of drug-likeness (QED) is 0.484. The van der Waals surface area contributed by atoms with E-state index in [1.165, 1.54) is 7.11 Å². The molecule has 0 aliphatic rings. The first-order valence-electron chi connectivity index (χ1n) is 8.45. The Hall–Kier alpha value is -2.63. The van der Waals surface area contributed by atoms with Gasteiger partial charge in [0, 0.05) is 20.6 Å². The van der Waals surface area contributed by atoms with Crippen molar-refractivity contribution in [3.05, 3.63) is 92.4 Å². The third-order valence-corrected chi connectivity index (χ3v) is 4.89. The summed E-state index contributed by atoms with van der Waals surface area (Å²) in [6, 6.07) is 17.2. The number of rotatable bonds is 5. The smallest absolute Gasteiger partial charge is 0.259 e. The third kappa shape index (κ3) is 4.26. The van der Waals surface area contributed by atoms with Crippen molar-refractivity contribution in [1.82, 2.24) is 0 Å². The number of anilines is 1. The summed E-state index contributed by atoms with van der Waals surface area (Å²) in [6.07, 6.45) is 0. The SMILES string of the molecule is COc1c(C)cc(Br)cc1C(=O)Nc1ccc(Cl)cc1C(=O)c1ccccc1. The number of aryl methyl sites for hydroxylation is 1. The maximum absolute atomic E-state index is 12.9. The highest BCUT2D eigenvalue weighted by atomic mass is 79.9. The van der Waals surface area contributed by atoms with Gasteiger partial charge in [0.15, 0.2) is 5.78 Å². The summed E-state index contributed by atoms with van der Waals surface area (Å²) < 4.78 is 6.14. The van der Waals surface area contributed by atoms with Crippen molar-refractivity contribution in [2.45, 2.75) is 6.92 Å². The summed E-state index contributed by atoms with van der Waals surface area (Å²) in [5.41, 5.74) is 2.39. The van der Waals surface area contributed by atoms with Crippen LogP contribution < -0.4 is 10.1 Å². The topological polar surface area (TPSA) is 55.4 Å². The van der Waals surface area contributed by atoms with Gasteiger partial charge in [-0.15, -0.1) is 0 Å². The van der Waals surface area contributed by atoms with Crippen molar-refractivity contribution in [2.24, 2.45) is 0 Å². The minimum absolute atomic E-state index is 0.226. The maximum atomic E-state index is 12.9. The number of nitrogens with one attached hydrogen (secondary N) is 1. The molecule has 4 nitrogen and oxygen atoms in total. The molecule has 0 aliphatic carbocycles. The standard InChI is InChI=1S/C22H17BrClNO3/c1-13-10-15(23)11-18(21(13)28-2)22(27)25-19-9-8-16(24)12-17(19)20(26)14-6-4-3-5-7-14/h3-12H,1-2H3,(H,25,27). The second-order valence-electron chi connectivity index (χ2n) is 6.14. The lowest BCUT2D eigenvalue weighted by atomic mass is 10.0. The Labute approximate surface area is 176 Å². The number of methoxy groups -OCH3 is 1. The van der Waals surface area contributed by atoms with Crippen LogP contribution in [0.15, 0.2) is 65.1 Å². The van der Waals surface area contributed by atoms with Gasteiger partial charge in [-0.3, -0.25) is 9.59 Å². The van der Waals surface area contributed by atoms with Crippen molar-refractivity contribution < 1.29 is 14.3 Å². The van der Waals surface area contributed by atoms with E-state index in [-0.39, 0.29) is 11.7 Å². The lowest BCUT2D eigenvalue weighted by molar-refractivity contribution is 0.102. The first-order valence-corrected chi connectivity index (χ1v) is 9.62. The lowest BCUT2D eigenvalue weighted by Gasteiger charge is -2.14. The zero-order valence-electron chi connectivity index (χ0n) is 15.3. The van der Waals surface area contributed by atoms with Crippen LogP contribution in [0.2, 0.25) is 5.02 Å². The average molecular weight is 459 g/mol. The molecule has 0 fully saturated rings. The Kier molecular flexibility index (Phi) is 6.17. The minimum Gasteiger partial charge on any atom is -0.496 e. The van der Waals surface area contributed by atoms with Crippen LogP contribution >= 0.6 is 27.5 Å². The second-order valence-corrected chi connectivity index (χ2v) is 7.49. The van der Waals surface area contributed by atoms with Crippen molar-refractivity contribution >= 4 is 44.9 Å². The molecule has 0 unspecified atom stereocenters. The number of ether oxygens (including phenoxy) is 1. The molecule has 0 aliphatic heterocycles. The van der Waals surface area contributed by atoms with Gasteiger partial charge in [-0.05, 0) is 42.8 Å². The molecule has 3 aromatic rings. The van der Waals surface area contributed by atoms with Crippen molar-refractivity contribution in [1.29, 1.82) is 0 Å². The molecule has 0 spiro atoms. The number of carbonyl (C=O) groups is 2. The highest BCUT2D eigenvalue weighted by Gasteiger charge is 2.20. The van der Waals surface area contributed by atoms with Crippen LogP contribution in [0.4, 0.5) is 5.69 Å². The highest BCUT2D eigenvalue weighted by molar-refractivity contribution is 9.10. The molecule has 0 radical (unpaired) electrons. The predicted molar refractivity (Wildman–Crippen MR) is 115 cm³/mol. The van der Waals surface area contributed by atoms with Gasteiger partial charge in [-0.25, -0.2) is 0 Å². The average Bonchev–Trinajstić information content (AvgIpc) is 2.68. The minimum atomic E-state index is -0.384. The Bertz CT molecular complexity index is 1050. The van der Waals surface area contributed by atoms with Gasteiger partial charge in [-0.2, -0.15) is 0 Å². The first kappa shape index (κ1) is 20.1. The highest BCUT2D eigenvalue weighted by Crippen LogP contribution is 2.30. The van der Waals surface area contributed by atoms with Gasteiger partial charge in [-0.1, -0.05) is 57.9 Å². The Balaban J connectivity index is 2.00. The fourth-order valence-corrected chi connectivity index (χ4v) is 3.66.